The predicted octanol–water partition coefficient (Wildman–Crippen LogP) is 1.77. The largest absolute Gasteiger partial charge is 0.330 e. The maximum Gasteiger partial charge on any atom is 0.323 e. The van der Waals surface area contributed by atoms with Gasteiger partial charge in [-0.15, -0.1) is 0 Å². The highest BCUT2D eigenvalue weighted by molar-refractivity contribution is 5.75. The zero-order chi connectivity index (χ0) is 12.5. The van der Waals surface area contributed by atoms with E-state index in [1.54, 1.807) is 0 Å². The molecule has 0 spiro atoms. The second-order valence-corrected chi connectivity index (χ2v) is 5.34. The minimum absolute atomic E-state index is 0.154. The van der Waals surface area contributed by atoms with E-state index in [1.807, 2.05) is 12.1 Å². The van der Waals surface area contributed by atoms with Gasteiger partial charge in [0.05, 0.1) is 11.0 Å². The molecule has 0 atom stereocenters. The van der Waals surface area contributed by atoms with E-state index in [0.717, 1.165) is 23.9 Å². The third kappa shape index (κ3) is 2.77. The molecule has 1 aromatic heterocycles. The summed E-state index contributed by atoms with van der Waals surface area (Å²) in [5, 5.41) is 0. The molecule has 0 aliphatic rings. The van der Waals surface area contributed by atoms with E-state index in [4.69, 9.17) is 5.73 Å². The van der Waals surface area contributed by atoms with Crippen molar-refractivity contribution in [2.75, 3.05) is 6.54 Å². The van der Waals surface area contributed by atoms with Crippen LogP contribution >= 0.6 is 0 Å². The third-order valence-electron chi connectivity index (χ3n) is 3.08. The quantitative estimate of drug-likeness (QED) is 0.753. The Hall–Kier alpha value is -1.55. The van der Waals surface area contributed by atoms with Crippen molar-refractivity contribution in [2.24, 2.45) is 11.1 Å². The van der Waals surface area contributed by atoms with Crippen LogP contribution in [-0.2, 0) is 6.42 Å². The van der Waals surface area contributed by atoms with Gasteiger partial charge < -0.3 is 15.7 Å². The molecule has 17 heavy (non-hydrogen) atoms. The second-order valence-electron chi connectivity index (χ2n) is 5.34. The molecule has 0 saturated heterocycles. The first-order valence-electron chi connectivity index (χ1n) is 5.91. The lowest BCUT2D eigenvalue weighted by atomic mass is 9.83. The Morgan fingerprint density at radius 2 is 1.94 bits per heavy atom. The summed E-state index contributed by atoms with van der Waals surface area (Å²) >= 11 is 0. The number of nitrogens with one attached hydrogen (secondary N) is 2. The number of rotatable bonds is 4. The molecule has 0 saturated carbocycles. The van der Waals surface area contributed by atoms with Crippen LogP contribution < -0.4 is 11.4 Å². The van der Waals surface area contributed by atoms with Crippen molar-refractivity contribution >= 4 is 11.0 Å². The number of aromatic amines is 2. The van der Waals surface area contributed by atoms with Gasteiger partial charge in [0.15, 0.2) is 0 Å². The van der Waals surface area contributed by atoms with Gasteiger partial charge in [-0.3, -0.25) is 0 Å². The fourth-order valence-electron chi connectivity index (χ4n) is 2.22. The van der Waals surface area contributed by atoms with E-state index in [0.29, 0.717) is 6.54 Å². The first-order chi connectivity index (χ1) is 8.00. The van der Waals surface area contributed by atoms with Crippen LogP contribution in [0.5, 0.6) is 0 Å². The molecule has 0 radical (unpaired) electrons. The standard InChI is InChI=1S/C13H19N3O/c1-13(2,5-6-14)8-9-3-4-10-11(7-9)16-12(17)15-10/h3-4,7H,5-6,8,14H2,1-2H3,(H2,15,16,17). The molecule has 0 amide bonds. The van der Waals surface area contributed by atoms with Crippen molar-refractivity contribution in [3.63, 3.8) is 0 Å². The molecule has 4 N–H and O–H groups in total. The summed E-state index contributed by atoms with van der Waals surface area (Å²) in [5.74, 6) is 0. The number of H-pyrrole nitrogens is 2. The lowest BCUT2D eigenvalue weighted by Gasteiger charge is -2.23. The molecular formula is C13H19N3O. The molecule has 0 unspecified atom stereocenters. The average Bonchev–Trinajstić information content (AvgIpc) is 2.56. The molecule has 4 nitrogen and oxygen atoms in total. The van der Waals surface area contributed by atoms with Crippen LogP contribution in [0.15, 0.2) is 23.0 Å². The second kappa shape index (κ2) is 4.37. The summed E-state index contributed by atoms with van der Waals surface area (Å²) in [6.07, 6.45) is 1.96. The van der Waals surface area contributed by atoms with Gasteiger partial charge in [-0.25, -0.2) is 4.79 Å². The number of hydrogen-bond acceptors (Lipinski definition) is 2. The van der Waals surface area contributed by atoms with Gasteiger partial charge in [0.25, 0.3) is 0 Å². The Morgan fingerprint density at radius 3 is 2.65 bits per heavy atom. The molecule has 4 heteroatoms. The van der Waals surface area contributed by atoms with Crippen molar-refractivity contribution in [2.45, 2.75) is 26.7 Å². The van der Waals surface area contributed by atoms with Crippen LogP contribution in [0, 0.1) is 5.41 Å². The number of aromatic nitrogens is 2. The van der Waals surface area contributed by atoms with Crippen molar-refractivity contribution in [1.29, 1.82) is 0 Å². The summed E-state index contributed by atoms with van der Waals surface area (Å²) in [5.41, 5.74) is 8.61. The van der Waals surface area contributed by atoms with E-state index in [2.05, 4.69) is 29.9 Å². The van der Waals surface area contributed by atoms with E-state index in [9.17, 15) is 4.79 Å². The number of hydrogen-bond donors (Lipinski definition) is 3. The fraction of sp³-hybridized carbons (Fsp3) is 0.462. The summed E-state index contributed by atoms with van der Waals surface area (Å²) in [6, 6.07) is 6.04. The molecule has 1 heterocycles. The maximum absolute atomic E-state index is 11.2. The molecule has 0 aliphatic carbocycles. The molecule has 2 rings (SSSR count). The van der Waals surface area contributed by atoms with Crippen LogP contribution in [0.2, 0.25) is 0 Å². The van der Waals surface area contributed by atoms with Gasteiger partial charge in [0.1, 0.15) is 0 Å². The number of imidazole rings is 1. The molecule has 0 aliphatic heterocycles. The zero-order valence-electron chi connectivity index (χ0n) is 10.3. The average molecular weight is 233 g/mol. The molecule has 2 aromatic rings. The van der Waals surface area contributed by atoms with Crippen molar-refractivity contribution in [1.82, 2.24) is 9.97 Å². The Bertz CT molecular complexity index is 565. The third-order valence-corrected chi connectivity index (χ3v) is 3.08. The molecule has 92 valence electrons. The lowest BCUT2D eigenvalue weighted by Crippen LogP contribution is -2.19. The Morgan fingerprint density at radius 1 is 1.24 bits per heavy atom. The van der Waals surface area contributed by atoms with Gasteiger partial charge in [-0.1, -0.05) is 19.9 Å². The molecule has 1 aromatic carbocycles. The van der Waals surface area contributed by atoms with Crippen LogP contribution in [-0.4, -0.2) is 16.5 Å². The van der Waals surface area contributed by atoms with Gasteiger partial charge in [-0.2, -0.15) is 0 Å². The van der Waals surface area contributed by atoms with Gasteiger partial charge in [0.2, 0.25) is 0 Å². The Labute approximate surface area is 100 Å². The highest BCUT2D eigenvalue weighted by Crippen LogP contribution is 2.26. The van der Waals surface area contributed by atoms with Crippen LogP contribution in [0.1, 0.15) is 25.8 Å². The van der Waals surface area contributed by atoms with Crippen molar-refractivity contribution < 1.29 is 0 Å². The van der Waals surface area contributed by atoms with Crippen LogP contribution in [0.25, 0.3) is 11.0 Å². The van der Waals surface area contributed by atoms with Gasteiger partial charge in [0, 0.05) is 0 Å². The van der Waals surface area contributed by atoms with E-state index in [1.165, 1.54) is 5.56 Å². The monoisotopic (exact) mass is 233 g/mol. The Kier molecular flexibility index (Phi) is 3.07. The highest BCUT2D eigenvalue weighted by atomic mass is 16.1. The topological polar surface area (TPSA) is 74.7 Å². The summed E-state index contributed by atoms with van der Waals surface area (Å²) in [6.45, 7) is 5.13. The van der Waals surface area contributed by atoms with Gasteiger partial charge >= 0.3 is 5.69 Å². The molecular weight excluding hydrogens is 214 g/mol. The number of benzene rings is 1. The normalized spacial score (nSPS) is 12.2. The minimum Gasteiger partial charge on any atom is -0.330 e. The van der Waals surface area contributed by atoms with E-state index in [-0.39, 0.29) is 11.1 Å². The van der Waals surface area contributed by atoms with Crippen molar-refractivity contribution in [3.8, 4) is 0 Å². The van der Waals surface area contributed by atoms with Crippen LogP contribution in [0.4, 0.5) is 0 Å². The fourth-order valence-corrected chi connectivity index (χ4v) is 2.22. The predicted molar refractivity (Wildman–Crippen MR) is 70.1 cm³/mol. The zero-order valence-corrected chi connectivity index (χ0v) is 10.3. The SMILES string of the molecule is CC(C)(CCN)Cc1ccc2[nH]c(=O)[nH]c2c1. The summed E-state index contributed by atoms with van der Waals surface area (Å²) in [7, 11) is 0. The van der Waals surface area contributed by atoms with Crippen LogP contribution in [0.3, 0.4) is 0 Å². The van der Waals surface area contributed by atoms with Crippen molar-refractivity contribution in [3.05, 3.63) is 34.2 Å². The molecule has 0 fully saturated rings. The maximum atomic E-state index is 11.2. The number of fused-ring (bicyclic) bond motifs is 1. The summed E-state index contributed by atoms with van der Waals surface area (Å²) in [4.78, 5) is 16.7. The first-order valence-corrected chi connectivity index (χ1v) is 5.91. The van der Waals surface area contributed by atoms with E-state index >= 15 is 0 Å². The molecule has 0 bridgehead atoms. The minimum atomic E-state index is -0.154. The smallest absolute Gasteiger partial charge is 0.323 e. The first kappa shape index (κ1) is 11.9. The Balaban J connectivity index is 2.27. The summed E-state index contributed by atoms with van der Waals surface area (Å²) < 4.78 is 0. The van der Waals surface area contributed by atoms with Gasteiger partial charge in [-0.05, 0) is 42.5 Å². The van der Waals surface area contributed by atoms with E-state index < -0.39 is 0 Å². The number of nitrogens with two attached hydrogens (primary N) is 1. The lowest BCUT2D eigenvalue weighted by molar-refractivity contribution is 0.339. The highest BCUT2D eigenvalue weighted by Gasteiger charge is 2.17.